The molecular formula is C22H25N2O2S+. The first-order chi connectivity index (χ1) is 12.9. The number of nitrogens with zero attached hydrogens (tertiary/aromatic N) is 1. The number of sulfone groups is 1. The monoisotopic (exact) mass is 381 g/mol. The topological polar surface area (TPSA) is 51.5 Å². The highest BCUT2D eigenvalue weighted by Crippen LogP contribution is 2.37. The van der Waals surface area contributed by atoms with E-state index in [1.165, 1.54) is 0 Å². The standard InChI is InChI=1S/C22H24N2O2S/c1-15-6-9-20-19(12-15)22(24-10-4-5-11-24)21(14-23-20)27(25,26)18-8-7-16(2)17(3)13-18/h6-9,12-14H,4-5,10-11H2,1-3H3/p+1. The lowest BCUT2D eigenvalue weighted by atomic mass is 10.1. The predicted molar refractivity (Wildman–Crippen MR) is 108 cm³/mol. The Morgan fingerprint density at radius 1 is 0.926 bits per heavy atom. The number of hydrogen-bond donors (Lipinski definition) is 0. The van der Waals surface area contributed by atoms with E-state index in [2.05, 4.69) is 16.0 Å². The van der Waals surface area contributed by atoms with Crippen molar-refractivity contribution >= 4 is 26.4 Å². The number of hydrogen-bond acceptors (Lipinski definition) is 3. The zero-order chi connectivity index (χ0) is 19.2. The number of benzene rings is 2. The third-order valence-electron chi connectivity index (χ3n) is 5.52. The van der Waals surface area contributed by atoms with Crippen molar-refractivity contribution in [2.45, 2.75) is 43.4 Å². The van der Waals surface area contributed by atoms with Crippen LogP contribution in [0.3, 0.4) is 0 Å². The molecule has 0 unspecified atom stereocenters. The second-order valence-corrected chi connectivity index (χ2v) is 9.41. The maximum atomic E-state index is 13.6. The van der Waals surface area contributed by atoms with Crippen LogP contribution < -0.4 is 9.88 Å². The average molecular weight is 382 g/mol. The highest BCUT2D eigenvalue weighted by Gasteiger charge is 2.30. The van der Waals surface area contributed by atoms with E-state index in [1.807, 2.05) is 39.0 Å². The molecule has 0 atom stereocenters. The van der Waals surface area contributed by atoms with Gasteiger partial charge in [0.25, 0.3) is 0 Å². The van der Waals surface area contributed by atoms with E-state index in [4.69, 9.17) is 0 Å². The summed E-state index contributed by atoms with van der Waals surface area (Å²) in [6.07, 6.45) is 3.85. The zero-order valence-electron chi connectivity index (χ0n) is 16.0. The van der Waals surface area contributed by atoms with Crippen LogP contribution >= 0.6 is 0 Å². The van der Waals surface area contributed by atoms with Crippen LogP contribution in [-0.4, -0.2) is 21.5 Å². The maximum absolute atomic E-state index is 13.6. The van der Waals surface area contributed by atoms with Crippen LogP contribution in [-0.2, 0) is 9.84 Å². The molecule has 0 bridgehead atoms. The molecule has 0 radical (unpaired) electrons. The first kappa shape index (κ1) is 18.0. The van der Waals surface area contributed by atoms with Crippen LogP contribution in [0.15, 0.2) is 52.4 Å². The van der Waals surface area contributed by atoms with Gasteiger partial charge in [-0.25, -0.2) is 13.4 Å². The fourth-order valence-corrected chi connectivity index (χ4v) is 5.34. The summed E-state index contributed by atoms with van der Waals surface area (Å²) in [5.74, 6) is 0. The molecule has 4 rings (SSSR count). The van der Waals surface area contributed by atoms with Gasteiger partial charge in [0.1, 0.15) is 0 Å². The van der Waals surface area contributed by atoms with E-state index in [9.17, 15) is 8.42 Å². The van der Waals surface area contributed by atoms with E-state index < -0.39 is 9.84 Å². The number of fused-ring (bicyclic) bond motifs is 1. The van der Waals surface area contributed by atoms with Gasteiger partial charge in [0.15, 0.2) is 11.1 Å². The molecule has 4 nitrogen and oxygen atoms in total. The molecule has 2 heterocycles. The second kappa shape index (κ2) is 6.64. The van der Waals surface area contributed by atoms with Crippen molar-refractivity contribution in [3.63, 3.8) is 0 Å². The summed E-state index contributed by atoms with van der Waals surface area (Å²) in [5, 5.41) is 0.974. The minimum Gasteiger partial charge on any atom is -0.370 e. The van der Waals surface area contributed by atoms with Gasteiger partial charge in [-0.1, -0.05) is 12.1 Å². The van der Waals surface area contributed by atoms with Crippen LogP contribution in [0.1, 0.15) is 29.5 Å². The maximum Gasteiger partial charge on any atom is 0.214 e. The summed E-state index contributed by atoms with van der Waals surface area (Å²) in [4.78, 5) is 6.15. The Balaban J connectivity index is 2.00. The van der Waals surface area contributed by atoms with Crippen molar-refractivity contribution in [3.8, 4) is 0 Å². The second-order valence-electron chi connectivity index (χ2n) is 7.49. The lowest BCUT2D eigenvalue weighted by Crippen LogP contribution is -2.23. The largest absolute Gasteiger partial charge is 0.370 e. The molecule has 1 aliphatic rings. The van der Waals surface area contributed by atoms with E-state index >= 15 is 0 Å². The number of nitrogens with one attached hydrogen (secondary N) is 1. The third kappa shape index (κ3) is 3.10. The Morgan fingerprint density at radius 3 is 2.37 bits per heavy atom. The van der Waals surface area contributed by atoms with E-state index in [1.54, 1.807) is 18.3 Å². The summed E-state index contributed by atoms with van der Waals surface area (Å²) < 4.78 is 27.1. The molecule has 2 aromatic carbocycles. The Morgan fingerprint density at radius 2 is 1.67 bits per heavy atom. The Bertz CT molecular complexity index is 1130. The highest BCUT2D eigenvalue weighted by atomic mass is 32.2. The number of rotatable bonds is 3. The van der Waals surface area contributed by atoms with Crippen molar-refractivity contribution < 1.29 is 13.4 Å². The molecule has 3 aromatic rings. The van der Waals surface area contributed by atoms with E-state index in [0.717, 1.165) is 59.2 Å². The molecule has 5 heteroatoms. The molecule has 1 N–H and O–H groups in total. The number of anilines is 1. The minimum absolute atomic E-state index is 0.353. The van der Waals surface area contributed by atoms with Gasteiger partial charge in [-0.2, -0.15) is 0 Å². The van der Waals surface area contributed by atoms with Gasteiger partial charge in [-0.15, -0.1) is 0 Å². The molecule has 1 aromatic heterocycles. The SMILES string of the molecule is Cc1ccc2[nH+]cc(S(=O)(=O)c3ccc(C)c(C)c3)c(N3CCCC3)c2c1. The summed E-state index contributed by atoms with van der Waals surface area (Å²) in [5.41, 5.74) is 5.00. The van der Waals surface area contributed by atoms with Gasteiger partial charge in [-0.3, -0.25) is 0 Å². The van der Waals surface area contributed by atoms with Crippen molar-refractivity contribution in [2.24, 2.45) is 0 Å². The summed E-state index contributed by atoms with van der Waals surface area (Å²) >= 11 is 0. The van der Waals surface area contributed by atoms with Crippen molar-refractivity contribution in [3.05, 3.63) is 59.3 Å². The Kier molecular flexibility index (Phi) is 4.42. The lowest BCUT2D eigenvalue weighted by molar-refractivity contribution is -0.347. The van der Waals surface area contributed by atoms with Gasteiger partial charge < -0.3 is 4.90 Å². The fraction of sp³-hybridized carbons (Fsp3) is 0.318. The molecule has 0 spiro atoms. The van der Waals surface area contributed by atoms with Crippen LogP contribution in [0.4, 0.5) is 5.69 Å². The number of aromatic nitrogens is 1. The minimum atomic E-state index is -3.62. The molecule has 0 amide bonds. The Hall–Kier alpha value is -2.40. The first-order valence-electron chi connectivity index (χ1n) is 9.40. The summed E-state index contributed by atoms with van der Waals surface area (Å²) in [6, 6.07) is 11.5. The smallest absolute Gasteiger partial charge is 0.214 e. The highest BCUT2D eigenvalue weighted by molar-refractivity contribution is 7.91. The number of aryl methyl sites for hydroxylation is 3. The van der Waals surface area contributed by atoms with Crippen LogP contribution in [0.5, 0.6) is 0 Å². The van der Waals surface area contributed by atoms with Crippen LogP contribution in [0, 0.1) is 20.8 Å². The summed E-state index contributed by atoms with van der Waals surface area (Å²) in [7, 11) is -3.62. The van der Waals surface area contributed by atoms with Gasteiger partial charge >= 0.3 is 0 Å². The molecule has 27 heavy (non-hydrogen) atoms. The summed E-state index contributed by atoms with van der Waals surface area (Å²) in [6.45, 7) is 7.77. The molecule has 140 valence electrons. The zero-order valence-corrected chi connectivity index (χ0v) is 16.9. The van der Waals surface area contributed by atoms with Gasteiger partial charge in [0.05, 0.1) is 16.0 Å². The van der Waals surface area contributed by atoms with Crippen molar-refractivity contribution in [2.75, 3.05) is 18.0 Å². The molecule has 0 aliphatic carbocycles. The molecule has 1 fully saturated rings. The Labute approximate surface area is 160 Å². The number of pyridine rings is 1. The fourth-order valence-electron chi connectivity index (χ4n) is 3.80. The molecule has 0 saturated carbocycles. The van der Waals surface area contributed by atoms with Crippen LogP contribution in [0.25, 0.3) is 10.9 Å². The van der Waals surface area contributed by atoms with E-state index in [-0.39, 0.29) is 0 Å². The molecule has 1 saturated heterocycles. The number of H-pyrrole nitrogens is 1. The number of aromatic amines is 1. The third-order valence-corrected chi connectivity index (χ3v) is 7.29. The van der Waals surface area contributed by atoms with Gasteiger partial charge in [0, 0.05) is 19.2 Å². The van der Waals surface area contributed by atoms with Gasteiger partial charge in [-0.05, 0) is 68.5 Å². The quantitative estimate of drug-likeness (QED) is 0.689. The van der Waals surface area contributed by atoms with Crippen LogP contribution in [0.2, 0.25) is 0 Å². The normalized spacial score (nSPS) is 14.9. The molecular weight excluding hydrogens is 356 g/mol. The van der Waals surface area contributed by atoms with Crippen molar-refractivity contribution in [1.82, 2.24) is 0 Å². The predicted octanol–water partition coefficient (Wildman–Crippen LogP) is 4.01. The average Bonchev–Trinajstić information content (AvgIpc) is 3.17. The van der Waals surface area contributed by atoms with Gasteiger partial charge in [0.2, 0.25) is 15.4 Å². The first-order valence-corrected chi connectivity index (χ1v) is 10.9. The lowest BCUT2D eigenvalue weighted by Gasteiger charge is -2.21. The molecule has 1 aliphatic heterocycles. The van der Waals surface area contributed by atoms with E-state index in [0.29, 0.717) is 9.79 Å². The van der Waals surface area contributed by atoms with Crippen molar-refractivity contribution in [1.29, 1.82) is 0 Å².